The Hall–Kier alpha value is -1.94. The monoisotopic (exact) mass is 1400 g/mol. The molecule has 95 heavy (non-hydrogen) atoms. The van der Waals surface area contributed by atoms with Gasteiger partial charge in [0.15, 0.2) is 12.2 Å². The summed E-state index contributed by atoms with van der Waals surface area (Å²) in [5, 5.41) is 10.6. The van der Waals surface area contributed by atoms with Crippen molar-refractivity contribution in [2.45, 2.75) is 419 Å². The first-order chi connectivity index (χ1) is 46.0. The number of esters is 4. The molecular formula is C76H148O17P2. The van der Waals surface area contributed by atoms with E-state index >= 15 is 0 Å². The maximum absolute atomic E-state index is 13.1. The van der Waals surface area contributed by atoms with E-state index in [0.29, 0.717) is 25.7 Å². The molecule has 0 aliphatic rings. The van der Waals surface area contributed by atoms with Crippen molar-refractivity contribution in [2.75, 3.05) is 39.6 Å². The Balaban J connectivity index is 5.14. The molecule has 3 N–H and O–H groups in total. The molecule has 0 heterocycles. The van der Waals surface area contributed by atoms with Crippen LogP contribution in [-0.2, 0) is 65.4 Å². The molecule has 0 fully saturated rings. The quantitative estimate of drug-likeness (QED) is 0.0222. The lowest BCUT2D eigenvalue weighted by Crippen LogP contribution is -2.30. The standard InChI is InChI=1S/C76H148O17P2/c1-6-9-12-15-18-20-22-24-25-26-27-28-29-30-31-32-33-37-42-47-52-57-62-76(81)93-72(66-87-74(79)60-55-50-45-40-38-34-35-39-44-48-53-58-69(4)5)68-91-95(84,85)89-64-70(77)63-88-94(82,83)90-67-71(65-86-73(78)59-54-49-43-17-14-11-8-3)92-75(80)61-56-51-46-41-36-23-21-19-16-13-10-7-2/h69-72,77H,6-68H2,1-5H3,(H,82,83)(H,84,85)/t70-,71+,72+/m0/s1. The third-order valence-electron chi connectivity index (χ3n) is 17.8. The number of aliphatic hydroxyl groups excluding tert-OH is 1. The number of rotatable bonds is 76. The third kappa shape index (κ3) is 70.3. The molecule has 19 heteroatoms. The summed E-state index contributed by atoms with van der Waals surface area (Å²) >= 11 is 0. The molecule has 0 aromatic heterocycles. The van der Waals surface area contributed by atoms with Gasteiger partial charge in [0, 0.05) is 25.7 Å². The summed E-state index contributed by atoms with van der Waals surface area (Å²) in [6.07, 6.45) is 58.5. The molecule has 2 unspecified atom stereocenters. The van der Waals surface area contributed by atoms with Crippen LogP contribution in [0, 0.1) is 5.92 Å². The van der Waals surface area contributed by atoms with E-state index in [1.54, 1.807) is 0 Å². The van der Waals surface area contributed by atoms with E-state index in [-0.39, 0.29) is 25.7 Å². The number of ether oxygens (including phenoxy) is 4. The van der Waals surface area contributed by atoms with Gasteiger partial charge in [0.05, 0.1) is 26.4 Å². The van der Waals surface area contributed by atoms with Gasteiger partial charge in [-0.05, 0) is 31.6 Å². The van der Waals surface area contributed by atoms with E-state index in [9.17, 15) is 43.2 Å². The first-order valence-corrected chi connectivity index (χ1v) is 42.6. The van der Waals surface area contributed by atoms with Gasteiger partial charge in [0.25, 0.3) is 0 Å². The van der Waals surface area contributed by atoms with E-state index in [1.807, 2.05) is 0 Å². The molecule has 564 valence electrons. The highest BCUT2D eigenvalue weighted by atomic mass is 31.2. The minimum Gasteiger partial charge on any atom is -0.462 e. The van der Waals surface area contributed by atoms with Crippen LogP contribution in [0.5, 0.6) is 0 Å². The van der Waals surface area contributed by atoms with Gasteiger partial charge in [-0.3, -0.25) is 37.3 Å². The van der Waals surface area contributed by atoms with E-state index < -0.39 is 97.5 Å². The van der Waals surface area contributed by atoms with Crippen molar-refractivity contribution in [1.29, 1.82) is 0 Å². The van der Waals surface area contributed by atoms with Crippen molar-refractivity contribution < 1.29 is 80.2 Å². The Bertz CT molecular complexity index is 1820. The number of phosphoric acid groups is 2. The van der Waals surface area contributed by atoms with Crippen LogP contribution in [0.15, 0.2) is 0 Å². The Kier molecular flexibility index (Phi) is 67.7. The number of phosphoric ester groups is 2. The predicted octanol–water partition coefficient (Wildman–Crippen LogP) is 22.5. The average Bonchev–Trinajstić information content (AvgIpc) is 1.54. The second-order valence-electron chi connectivity index (χ2n) is 27.9. The lowest BCUT2D eigenvalue weighted by atomic mass is 10.0. The minimum atomic E-state index is -4.96. The molecule has 0 aromatic carbocycles. The average molecular weight is 1400 g/mol. The van der Waals surface area contributed by atoms with E-state index in [4.69, 9.17) is 37.0 Å². The summed E-state index contributed by atoms with van der Waals surface area (Å²) in [6, 6.07) is 0. The van der Waals surface area contributed by atoms with Crippen LogP contribution in [0.4, 0.5) is 0 Å². The molecule has 0 saturated heterocycles. The third-order valence-corrected chi connectivity index (χ3v) is 19.7. The van der Waals surface area contributed by atoms with Gasteiger partial charge in [-0.15, -0.1) is 0 Å². The molecule has 0 aliphatic heterocycles. The molecule has 0 aromatic rings. The molecule has 0 aliphatic carbocycles. The fourth-order valence-electron chi connectivity index (χ4n) is 11.7. The van der Waals surface area contributed by atoms with Crippen molar-refractivity contribution in [3.05, 3.63) is 0 Å². The predicted molar refractivity (Wildman–Crippen MR) is 386 cm³/mol. The van der Waals surface area contributed by atoms with Crippen LogP contribution in [-0.4, -0.2) is 96.7 Å². The highest BCUT2D eigenvalue weighted by Crippen LogP contribution is 2.45. The van der Waals surface area contributed by atoms with E-state index in [1.165, 1.54) is 212 Å². The second-order valence-corrected chi connectivity index (χ2v) is 30.8. The summed E-state index contributed by atoms with van der Waals surface area (Å²) in [5.74, 6) is -1.35. The molecule has 0 radical (unpaired) electrons. The lowest BCUT2D eigenvalue weighted by molar-refractivity contribution is -0.161. The van der Waals surface area contributed by atoms with Crippen LogP contribution in [0.1, 0.15) is 401 Å². The van der Waals surface area contributed by atoms with Gasteiger partial charge in [0.2, 0.25) is 0 Å². The van der Waals surface area contributed by atoms with Gasteiger partial charge in [-0.2, -0.15) is 0 Å². The van der Waals surface area contributed by atoms with Crippen LogP contribution in [0.25, 0.3) is 0 Å². The first kappa shape index (κ1) is 93.1. The van der Waals surface area contributed by atoms with Crippen molar-refractivity contribution in [2.24, 2.45) is 5.92 Å². The van der Waals surface area contributed by atoms with Crippen molar-refractivity contribution in [1.82, 2.24) is 0 Å². The van der Waals surface area contributed by atoms with Crippen molar-refractivity contribution in [3.63, 3.8) is 0 Å². The Morgan fingerprint density at radius 3 is 0.716 bits per heavy atom. The summed E-state index contributed by atoms with van der Waals surface area (Å²) in [7, 11) is -9.90. The van der Waals surface area contributed by atoms with Crippen LogP contribution in [0.2, 0.25) is 0 Å². The normalized spacial score (nSPS) is 13.9. The van der Waals surface area contributed by atoms with Crippen molar-refractivity contribution in [3.8, 4) is 0 Å². The molecule has 5 atom stereocenters. The lowest BCUT2D eigenvalue weighted by Gasteiger charge is -2.21. The van der Waals surface area contributed by atoms with Gasteiger partial charge in [-0.1, -0.05) is 349 Å². The van der Waals surface area contributed by atoms with E-state index in [0.717, 1.165) is 109 Å². The Labute approximate surface area is 581 Å². The van der Waals surface area contributed by atoms with Crippen LogP contribution in [0.3, 0.4) is 0 Å². The topological polar surface area (TPSA) is 237 Å². The number of carbonyl (C=O) groups is 4. The van der Waals surface area contributed by atoms with Crippen LogP contribution >= 0.6 is 15.6 Å². The fraction of sp³-hybridized carbons (Fsp3) is 0.947. The molecule has 0 amide bonds. The Morgan fingerprint density at radius 1 is 0.284 bits per heavy atom. The molecule has 0 spiro atoms. The second kappa shape index (κ2) is 69.2. The van der Waals surface area contributed by atoms with Gasteiger partial charge < -0.3 is 33.8 Å². The number of unbranched alkanes of at least 4 members (excludes halogenated alkanes) is 48. The fourth-order valence-corrected chi connectivity index (χ4v) is 13.3. The number of carbonyl (C=O) groups excluding carboxylic acids is 4. The molecule has 0 saturated carbocycles. The molecule has 0 rings (SSSR count). The zero-order chi connectivity index (χ0) is 69.8. The maximum Gasteiger partial charge on any atom is 0.472 e. The summed E-state index contributed by atoms with van der Waals surface area (Å²) in [4.78, 5) is 72.6. The van der Waals surface area contributed by atoms with Crippen molar-refractivity contribution >= 4 is 39.5 Å². The van der Waals surface area contributed by atoms with Gasteiger partial charge in [-0.25, -0.2) is 9.13 Å². The van der Waals surface area contributed by atoms with Crippen LogP contribution < -0.4 is 0 Å². The highest BCUT2D eigenvalue weighted by Gasteiger charge is 2.30. The van der Waals surface area contributed by atoms with E-state index in [2.05, 4.69) is 34.6 Å². The molecule has 0 bridgehead atoms. The first-order valence-electron chi connectivity index (χ1n) is 39.6. The summed E-state index contributed by atoms with van der Waals surface area (Å²) in [6.45, 7) is 7.25. The summed E-state index contributed by atoms with van der Waals surface area (Å²) in [5.41, 5.74) is 0. The van der Waals surface area contributed by atoms with Gasteiger partial charge in [0.1, 0.15) is 19.3 Å². The SMILES string of the molecule is CCCCCCCCCCCCCCCCCCCCCCCCC(=O)O[C@H](COC(=O)CCCCCCCCCCCCCC(C)C)COP(=O)(O)OC[C@@H](O)COP(=O)(O)OC[C@@H](COC(=O)CCCCCCCCC)OC(=O)CCCCCCCCCCCCCC. The molecule has 17 nitrogen and oxygen atoms in total. The number of aliphatic hydroxyl groups is 1. The number of hydrogen-bond donors (Lipinski definition) is 3. The minimum absolute atomic E-state index is 0.107. The highest BCUT2D eigenvalue weighted by molar-refractivity contribution is 7.47. The van der Waals surface area contributed by atoms with Gasteiger partial charge >= 0.3 is 39.5 Å². The Morgan fingerprint density at radius 2 is 0.484 bits per heavy atom. The maximum atomic E-state index is 13.1. The zero-order valence-electron chi connectivity index (χ0n) is 61.8. The zero-order valence-corrected chi connectivity index (χ0v) is 63.6. The smallest absolute Gasteiger partial charge is 0.462 e. The number of hydrogen-bond acceptors (Lipinski definition) is 15. The summed E-state index contributed by atoms with van der Waals surface area (Å²) < 4.78 is 68.4. The molecular weight excluding hydrogens is 1250 g/mol. The largest absolute Gasteiger partial charge is 0.472 e.